The highest BCUT2D eigenvalue weighted by molar-refractivity contribution is 5.78. The number of carbonyl (C=O) groups is 2. The van der Waals surface area contributed by atoms with Crippen LogP contribution in [0, 0.1) is 0 Å². The van der Waals surface area contributed by atoms with E-state index in [1.165, 1.54) is 167 Å². The molecule has 68 heavy (non-hydrogen) atoms. The van der Waals surface area contributed by atoms with Crippen LogP contribution in [0.15, 0.2) is 72.9 Å². The monoisotopic (exact) mass is 950 g/mol. The van der Waals surface area contributed by atoms with Crippen LogP contribution in [0.4, 0.5) is 0 Å². The Hall–Kier alpha value is -2.70. The van der Waals surface area contributed by atoms with Crippen LogP contribution in [-0.4, -0.2) is 46.9 Å². The third-order valence-electron chi connectivity index (χ3n) is 13.0. The number of esters is 1. The van der Waals surface area contributed by atoms with Crippen molar-refractivity contribution < 1.29 is 24.5 Å². The van der Waals surface area contributed by atoms with Crippen LogP contribution in [0.25, 0.3) is 0 Å². The van der Waals surface area contributed by atoms with E-state index in [2.05, 4.69) is 86.8 Å². The SMILES string of the molecule is CC/C=C\C/C=C\C/C=C\C/C=C\C/C=C\C/C=C\C(CC(=O)NC(CO)C(O)CCCCCCCCCCCCCCCCCCC)OC(=O)CCCCCCCCCCCCCCCCC. The minimum Gasteiger partial charge on any atom is -0.458 e. The molecule has 6 heteroatoms. The van der Waals surface area contributed by atoms with Crippen molar-refractivity contribution in [3.63, 3.8) is 0 Å². The number of unbranched alkanes of at least 4 members (excludes halogenated alkanes) is 30. The van der Waals surface area contributed by atoms with E-state index < -0.39 is 18.2 Å². The summed E-state index contributed by atoms with van der Waals surface area (Å²) in [6, 6.07) is -0.745. The zero-order valence-electron chi connectivity index (χ0n) is 45.0. The van der Waals surface area contributed by atoms with E-state index in [4.69, 9.17) is 4.74 Å². The molecule has 0 radical (unpaired) electrons. The lowest BCUT2D eigenvalue weighted by Crippen LogP contribution is -2.46. The van der Waals surface area contributed by atoms with Gasteiger partial charge in [-0.25, -0.2) is 0 Å². The first kappa shape index (κ1) is 65.3. The molecule has 6 nitrogen and oxygen atoms in total. The van der Waals surface area contributed by atoms with Gasteiger partial charge in [-0.3, -0.25) is 9.59 Å². The van der Waals surface area contributed by atoms with E-state index in [0.717, 1.165) is 70.6 Å². The molecule has 0 aromatic carbocycles. The molecule has 0 saturated heterocycles. The Morgan fingerprint density at radius 3 is 1.12 bits per heavy atom. The third kappa shape index (κ3) is 49.7. The third-order valence-corrected chi connectivity index (χ3v) is 13.0. The maximum Gasteiger partial charge on any atom is 0.306 e. The van der Waals surface area contributed by atoms with Gasteiger partial charge in [-0.1, -0.05) is 287 Å². The van der Waals surface area contributed by atoms with Crippen molar-refractivity contribution in [1.82, 2.24) is 5.32 Å². The Morgan fingerprint density at radius 1 is 0.441 bits per heavy atom. The molecule has 0 rings (SSSR count). The molecular weight excluding hydrogens is 839 g/mol. The van der Waals surface area contributed by atoms with Crippen molar-refractivity contribution in [2.75, 3.05) is 6.61 Å². The minimum absolute atomic E-state index is 0.0465. The number of nitrogens with one attached hydrogen (secondary N) is 1. The molecule has 0 aliphatic rings. The summed E-state index contributed by atoms with van der Waals surface area (Å²) in [5.74, 6) is -0.621. The summed E-state index contributed by atoms with van der Waals surface area (Å²) in [6.07, 6.45) is 71.4. The van der Waals surface area contributed by atoms with Crippen LogP contribution in [0.2, 0.25) is 0 Å². The second-order valence-corrected chi connectivity index (χ2v) is 19.7. The second kappa shape index (κ2) is 55.2. The van der Waals surface area contributed by atoms with Gasteiger partial charge in [0.25, 0.3) is 0 Å². The second-order valence-electron chi connectivity index (χ2n) is 19.7. The number of aliphatic hydroxyl groups excluding tert-OH is 2. The fourth-order valence-corrected chi connectivity index (χ4v) is 8.66. The topological polar surface area (TPSA) is 95.9 Å². The lowest BCUT2D eigenvalue weighted by Gasteiger charge is -2.23. The predicted octanol–water partition coefficient (Wildman–Crippen LogP) is 18.1. The number of rotatable bonds is 52. The number of allylic oxidation sites excluding steroid dienone is 11. The maximum atomic E-state index is 13.2. The first-order valence-corrected chi connectivity index (χ1v) is 29.2. The molecule has 0 heterocycles. The number of carbonyl (C=O) groups excluding carboxylic acids is 2. The molecule has 3 atom stereocenters. The van der Waals surface area contributed by atoms with Crippen molar-refractivity contribution in [1.29, 1.82) is 0 Å². The molecule has 0 aliphatic carbocycles. The average molecular weight is 951 g/mol. The van der Waals surface area contributed by atoms with Crippen molar-refractivity contribution in [3.05, 3.63) is 72.9 Å². The molecule has 0 saturated carbocycles. The molecule has 394 valence electrons. The van der Waals surface area contributed by atoms with E-state index in [0.29, 0.717) is 19.3 Å². The molecule has 3 unspecified atom stereocenters. The van der Waals surface area contributed by atoms with E-state index in [1.54, 1.807) is 0 Å². The Morgan fingerprint density at radius 2 is 0.765 bits per heavy atom. The molecule has 0 aromatic rings. The number of hydrogen-bond donors (Lipinski definition) is 3. The van der Waals surface area contributed by atoms with Gasteiger partial charge >= 0.3 is 5.97 Å². The minimum atomic E-state index is -0.822. The first-order chi connectivity index (χ1) is 33.5. The molecule has 3 N–H and O–H groups in total. The Bertz CT molecular complexity index is 1250. The highest BCUT2D eigenvalue weighted by Gasteiger charge is 2.23. The Kier molecular flexibility index (Phi) is 53.0. The van der Waals surface area contributed by atoms with Gasteiger partial charge < -0.3 is 20.3 Å². The number of aliphatic hydroxyl groups is 2. The number of ether oxygens (including phenoxy) is 1. The average Bonchev–Trinajstić information content (AvgIpc) is 3.33. The van der Waals surface area contributed by atoms with E-state index >= 15 is 0 Å². The van der Waals surface area contributed by atoms with Crippen LogP contribution < -0.4 is 5.32 Å². The summed E-state index contributed by atoms with van der Waals surface area (Å²) >= 11 is 0. The molecule has 0 fully saturated rings. The van der Waals surface area contributed by atoms with Gasteiger partial charge in [0.15, 0.2) is 0 Å². The summed E-state index contributed by atoms with van der Waals surface area (Å²) in [5, 5.41) is 23.8. The zero-order valence-corrected chi connectivity index (χ0v) is 45.0. The number of hydrogen-bond acceptors (Lipinski definition) is 5. The van der Waals surface area contributed by atoms with Crippen LogP contribution in [0.1, 0.15) is 284 Å². The summed E-state index contributed by atoms with van der Waals surface area (Å²) in [4.78, 5) is 26.2. The quantitative estimate of drug-likeness (QED) is 0.0321. The fraction of sp³-hybridized carbons (Fsp3) is 0.774. The normalized spacial score (nSPS) is 13.7. The molecule has 1 amide bonds. The van der Waals surface area contributed by atoms with Crippen LogP contribution >= 0.6 is 0 Å². The Balaban J connectivity index is 4.68. The largest absolute Gasteiger partial charge is 0.458 e. The zero-order chi connectivity index (χ0) is 49.5. The predicted molar refractivity (Wildman–Crippen MR) is 296 cm³/mol. The van der Waals surface area contributed by atoms with Crippen molar-refractivity contribution in [3.8, 4) is 0 Å². The van der Waals surface area contributed by atoms with E-state index in [-0.39, 0.29) is 24.9 Å². The van der Waals surface area contributed by atoms with Crippen LogP contribution in [-0.2, 0) is 14.3 Å². The summed E-state index contributed by atoms with van der Waals surface area (Å²) < 4.78 is 5.85. The lowest BCUT2D eigenvalue weighted by atomic mass is 10.0. The summed E-state index contributed by atoms with van der Waals surface area (Å²) in [5.41, 5.74) is 0. The standard InChI is InChI=1S/C62H111NO5/c1-4-7-10-13-16-19-22-25-28-30-33-35-38-41-44-47-50-53-58(68-62(67)55-52-49-46-43-40-37-32-27-24-21-18-15-12-9-6-3)56-61(66)63-59(57-64)60(65)54-51-48-45-42-39-36-34-31-29-26-23-20-17-14-11-8-5-2/h7,10,16,19,25,28,33,35,41,44,50,53,58-60,64-65H,4-6,8-9,11-15,17-18,20-24,26-27,29-32,34,36-40,42-43,45-49,51-52,54-57H2,1-3H3,(H,63,66)/b10-7-,19-16-,28-25-,35-33-,44-41-,53-50-. The van der Waals surface area contributed by atoms with Gasteiger partial charge in [-0.2, -0.15) is 0 Å². The molecule has 0 spiro atoms. The highest BCUT2D eigenvalue weighted by atomic mass is 16.5. The molecule has 0 aliphatic heterocycles. The van der Waals surface area contributed by atoms with Crippen LogP contribution in [0.3, 0.4) is 0 Å². The number of amides is 1. The van der Waals surface area contributed by atoms with Crippen molar-refractivity contribution in [2.24, 2.45) is 0 Å². The van der Waals surface area contributed by atoms with Gasteiger partial charge in [-0.05, 0) is 57.4 Å². The maximum absolute atomic E-state index is 13.2. The van der Waals surface area contributed by atoms with E-state index in [1.807, 2.05) is 12.2 Å². The Labute approximate surface area is 421 Å². The fourth-order valence-electron chi connectivity index (χ4n) is 8.66. The van der Waals surface area contributed by atoms with Gasteiger partial charge in [-0.15, -0.1) is 0 Å². The molecular formula is C62H111NO5. The van der Waals surface area contributed by atoms with Crippen molar-refractivity contribution >= 4 is 11.9 Å². The molecule has 0 bridgehead atoms. The van der Waals surface area contributed by atoms with Gasteiger partial charge in [0.2, 0.25) is 5.91 Å². The molecule has 0 aromatic heterocycles. The van der Waals surface area contributed by atoms with Crippen LogP contribution in [0.5, 0.6) is 0 Å². The lowest BCUT2D eigenvalue weighted by molar-refractivity contribution is -0.148. The summed E-state index contributed by atoms with van der Waals surface area (Å²) in [7, 11) is 0. The van der Waals surface area contributed by atoms with Gasteiger partial charge in [0.05, 0.1) is 25.2 Å². The van der Waals surface area contributed by atoms with E-state index in [9.17, 15) is 19.8 Å². The first-order valence-electron chi connectivity index (χ1n) is 29.2. The highest BCUT2D eigenvalue weighted by Crippen LogP contribution is 2.17. The van der Waals surface area contributed by atoms with Gasteiger partial charge in [0, 0.05) is 6.42 Å². The van der Waals surface area contributed by atoms with Gasteiger partial charge in [0.1, 0.15) is 6.10 Å². The van der Waals surface area contributed by atoms with Crippen molar-refractivity contribution in [2.45, 2.75) is 302 Å². The smallest absolute Gasteiger partial charge is 0.306 e. The summed E-state index contributed by atoms with van der Waals surface area (Å²) in [6.45, 7) is 6.36.